The fourth-order valence-corrected chi connectivity index (χ4v) is 2.91. The average molecular weight is 236 g/mol. The molecule has 17 heavy (non-hydrogen) atoms. The Morgan fingerprint density at radius 3 is 3.00 bits per heavy atom. The largest absolute Gasteiger partial charge is 0.477 e. The van der Waals surface area contributed by atoms with Gasteiger partial charge in [0.1, 0.15) is 5.82 Å². The van der Waals surface area contributed by atoms with E-state index in [2.05, 4.69) is 10.3 Å². The molecule has 0 unspecified atom stereocenters. The molecule has 2 aliphatic rings. The van der Waals surface area contributed by atoms with Crippen molar-refractivity contribution in [3.05, 3.63) is 24.1 Å². The zero-order valence-electron chi connectivity index (χ0n) is 9.73. The van der Waals surface area contributed by atoms with Gasteiger partial charge in [-0.1, -0.05) is 0 Å². The van der Waals surface area contributed by atoms with Gasteiger partial charge in [-0.25, -0.2) is 9.37 Å². The lowest BCUT2D eigenvalue weighted by Gasteiger charge is -2.29. The van der Waals surface area contributed by atoms with Crippen molar-refractivity contribution in [2.75, 3.05) is 6.61 Å². The maximum atomic E-state index is 12.7. The van der Waals surface area contributed by atoms with Crippen LogP contribution < -0.4 is 10.1 Å². The quantitative estimate of drug-likeness (QED) is 0.873. The van der Waals surface area contributed by atoms with E-state index in [0.717, 1.165) is 6.04 Å². The fraction of sp³-hybridized carbons (Fsp3) is 0.615. The van der Waals surface area contributed by atoms with Crippen molar-refractivity contribution in [3.8, 4) is 5.88 Å². The molecule has 2 saturated heterocycles. The van der Waals surface area contributed by atoms with E-state index in [-0.39, 0.29) is 5.82 Å². The predicted molar refractivity (Wildman–Crippen MR) is 62.4 cm³/mol. The van der Waals surface area contributed by atoms with Crippen LogP contribution in [0.1, 0.15) is 25.7 Å². The Hall–Kier alpha value is -1.16. The minimum Gasteiger partial charge on any atom is -0.477 e. The summed E-state index contributed by atoms with van der Waals surface area (Å²) in [6, 6.07) is 4.31. The van der Waals surface area contributed by atoms with E-state index in [1.54, 1.807) is 6.07 Å². The summed E-state index contributed by atoms with van der Waals surface area (Å²) in [6.07, 6.45) is 6.23. The minimum absolute atomic E-state index is 0.324. The summed E-state index contributed by atoms with van der Waals surface area (Å²) >= 11 is 0. The van der Waals surface area contributed by atoms with E-state index in [4.69, 9.17) is 4.74 Å². The van der Waals surface area contributed by atoms with Gasteiger partial charge in [0.05, 0.1) is 12.8 Å². The van der Waals surface area contributed by atoms with Crippen LogP contribution in [0.25, 0.3) is 0 Å². The fourth-order valence-electron chi connectivity index (χ4n) is 2.91. The molecule has 0 spiro atoms. The van der Waals surface area contributed by atoms with E-state index in [0.29, 0.717) is 24.4 Å². The molecule has 4 heteroatoms. The number of hydrogen-bond donors (Lipinski definition) is 1. The highest BCUT2D eigenvalue weighted by molar-refractivity contribution is 5.10. The number of halogens is 1. The molecule has 0 aromatic carbocycles. The molecule has 0 amide bonds. The molecule has 3 atom stereocenters. The van der Waals surface area contributed by atoms with Crippen molar-refractivity contribution in [3.63, 3.8) is 0 Å². The van der Waals surface area contributed by atoms with Crippen molar-refractivity contribution < 1.29 is 9.13 Å². The number of nitrogens with one attached hydrogen (secondary N) is 1. The molecule has 1 aromatic heterocycles. The third kappa shape index (κ3) is 2.41. The third-order valence-corrected chi connectivity index (χ3v) is 3.88. The summed E-state index contributed by atoms with van der Waals surface area (Å²) in [5.41, 5.74) is 0. The Bertz CT molecular complexity index is 382. The number of rotatable bonds is 3. The predicted octanol–water partition coefficient (Wildman–Crippen LogP) is 2.13. The van der Waals surface area contributed by atoms with Gasteiger partial charge < -0.3 is 10.1 Å². The lowest BCUT2D eigenvalue weighted by molar-refractivity contribution is 0.177. The van der Waals surface area contributed by atoms with Gasteiger partial charge in [0.2, 0.25) is 5.88 Å². The Balaban J connectivity index is 1.55. The van der Waals surface area contributed by atoms with Gasteiger partial charge >= 0.3 is 0 Å². The summed E-state index contributed by atoms with van der Waals surface area (Å²) in [5.74, 6) is 0.766. The molecule has 3 rings (SSSR count). The van der Waals surface area contributed by atoms with Crippen molar-refractivity contribution >= 4 is 0 Å². The zero-order chi connectivity index (χ0) is 11.7. The summed E-state index contributed by atoms with van der Waals surface area (Å²) in [6.45, 7) is 0.684. The van der Waals surface area contributed by atoms with Crippen molar-refractivity contribution in [1.29, 1.82) is 0 Å². The lowest BCUT2D eigenvalue weighted by atomic mass is 9.93. The third-order valence-electron chi connectivity index (χ3n) is 3.88. The molecule has 2 aliphatic heterocycles. The van der Waals surface area contributed by atoms with Crippen LogP contribution in [0.3, 0.4) is 0 Å². The lowest BCUT2D eigenvalue weighted by Crippen LogP contribution is -2.42. The highest BCUT2D eigenvalue weighted by Gasteiger charge is 2.35. The number of piperidine rings is 1. The molecule has 1 N–H and O–H groups in total. The highest BCUT2D eigenvalue weighted by atomic mass is 19.1. The van der Waals surface area contributed by atoms with Crippen LogP contribution in [-0.4, -0.2) is 23.7 Å². The van der Waals surface area contributed by atoms with Gasteiger partial charge in [-0.05, 0) is 31.7 Å². The Morgan fingerprint density at radius 1 is 1.29 bits per heavy atom. The van der Waals surface area contributed by atoms with Crippen molar-refractivity contribution in [2.24, 2.45) is 5.92 Å². The van der Waals surface area contributed by atoms with Crippen LogP contribution in [0.5, 0.6) is 5.88 Å². The first-order valence-electron chi connectivity index (χ1n) is 6.31. The standard InChI is InChI=1S/C13H17FN2O/c14-10-2-6-13(15-7-10)17-8-9-1-3-11-4-5-12(9)16-11/h2,6-7,9,11-12,16H,1,3-5,8H2/t9-,11+,12+/m0/s1. The van der Waals surface area contributed by atoms with Gasteiger partial charge in [-0.15, -0.1) is 0 Å². The summed E-state index contributed by atoms with van der Waals surface area (Å²) in [4.78, 5) is 3.91. The molecule has 0 saturated carbocycles. The van der Waals surface area contributed by atoms with E-state index < -0.39 is 0 Å². The minimum atomic E-state index is -0.324. The van der Waals surface area contributed by atoms with Gasteiger partial charge in [0.15, 0.2) is 0 Å². The Labute approximate surface area is 100 Å². The zero-order valence-corrected chi connectivity index (χ0v) is 9.73. The van der Waals surface area contributed by atoms with Crippen LogP contribution in [0.4, 0.5) is 4.39 Å². The second-order valence-electron chi connectivity index (χ2n) is 5.01. The molecular formula is C13H17FN2O. The number of nitrogens with zero attached hydrogens (tertiary/aromatic N) is 1. The number of fused-ring (bicyclic) bond motifs is 2. The molecule has 0 aliphatic carbocycles. The average Bonchev–Trinajstić information content (AvgIpc) is 2.73. The van der Waals surface area contributed by atoms with Gasteiger partial charge in [-0.2, -0.15) is 0 Å². The maximum absolute atomic E-state index is 12.7. The molecule has 3 heterocycles. The molecule has 3 nitrogen and oxygen atoms in total. The number of pyridine rings is 1. The molecule has 2 fully saturated rings. The first kappa shape index (κ1) is 11.0. The first-order chi connectivity index (χ1) is 8.31. The SMILES string of the molecule is Fc1ccc(OC[C@@H]2CC[C@@H]3CC[C@H]2N3)nc1. The first-order valence-corrected chi connectivity index (χ1v) is 6.31. The number of aromatic nitrogens is 1. The van der Waals surface area contributed by atoms with Crippen LogP contribution in [0.15, 0.2) is 18.3 Å². The van der Waals surface area contributed by atoms with Crippen LogP contribution >= 0.6 is 0 Å². The molecule has 0 radical (unpaired) electrons. The number of hydrogen-bond acceptors (Lipinski definition) is 3. The highest BCUT2D eigenvalue weighted by Crippen LogP contribution is 2.31. The molecule has 2 bridgehead atoms. The van der Waals surface area contributed by atoms with Gasteiger partial charge in [-0.3, -0.25) is 0 Å². The normalized spacial score (nSPS) is 31.5. The Kier molecular flexibility index (Phi) is 2.97. The molecule has 92 valence electrons. The summed E-state index contributed by atoms with van der Waals surface area (Å²) < 4.78 is 18.3. The topological polar surface area (TPSA) is 34.1 Å². The molecular weight excluding hydrogens is 219 g/mol. The van der Waals surface area contributed by atoms with Gasteiger partial charge in [0, 0.05) is 24.1 Å². The summed E-state index contributed by atoms with van der Waals surface area (Å²) in [7, 11) is 0. The van der Waals surface area contributed by atoms with Crippen LogP contribution in [0, 0.1) is 11.7 Å². The second-order valence-corrected chi connectivity index (χ2v) is 5.01. The van der Waals surface area contributed by atoms with Crippen LogP contribution in [-0.2, 0) is 0 Å². The summed E-state index contributed by atoms with van der Waals surface area (Å²) in [5, 5.41) is 3.63. The smallest absolute Gasteiger partial charge is 0.213 e. The van der Waals surface area contributed by atoms with Crippen molar-refractivity contribution in [1.82, 2.24) is 10.3 Å². The van der Waals surface area contributed by atoms with E-state index in [9.17, 15) is 4.39 Å². The Morgan fingerprint density at radius 2 is 2.18 bits per heavy atom. The van der Waals surface area contributed by atoms with Crippen molar-refractivity contribution in [2.45, 2.75) is 37.8 Å². The van der Waals surface area contributed by atoms with Gasteiger partial charge in [0.25, 0.3) is 0 Å². The van der Waals surface area contributed by atoms with Crippen LogP contribution in [0.2, 0.25) is 0 Å². The monoisotopic (exact) mass is 236 g/mol. The van der Waals surface area contributed by atoms with E-state index in [1.165, 1.54) is 37.9 Å². The van der Waals surface area contributed by atoms with E-state index in [1.807, 2.05) is 0 Å². The number of ether oxygens (including phenoxy) is 1. The molecule has 1 aromatic rings. The second kappa shape index (κ2) is 4.61. The maximum Gasteiger partial charge on any atom is 0.213 e. The van der Waals surface area contributed by atoms with E-state index >= 15 is 0 Å².